The Morgan fingerprint density at radius 2 is 1.16 bits per heavy atom. The Hall–Kier alpha value is -2.60. The van der Waals surface area contributed by atoms with Crippen LogP contribution in [0, 0.1) is 0 Å². The first-order valence-electron chi connectivity index (χ1n) is 22.3. The predicted octanol–water partition coefficient (Wildman–Crippen LogP) is -0.544. The topological polar surface area (TPSA) is 168 Å². The summed E-state index contributed by atoms with van der Waals surface area (Å²) in [5.74, 6) is 0.877. The average molecular weight is 857 g/mol. The van der Waals surface area contributed by atoms with Crippen molar-refractivity contribution in [2.75, 3.05) is 53.4 Å². The molecule has 0 aliphatic heterocycles. The molecule has 58 heavy (non-hydrogen) atoms. The van der Waals surface area contributed by atoms with Crippen LogP contribution < -0.4 is 62.6 Å². The maximum absolute atomic E-state index is 13.9. The highest BCUT2D eigenvalue weighted by atomic mass is 35.5. The number of urea groups is 2. The third-order valence-electron chi connectivity index (χ3n) is 10.7. The molecule has 0 atom stereocenters. The second-order valence-corrected chi connectivity index (χ2v) is 17.2. The van der Waals surface area contributed by atoms with Crippen molar-refractivity contribution >= 4 is 23.6 Å². The maximum atomic E-state index is 13.9. The summed E-state index contributed by atoms with van der Waals surface area (Å²) in [6, 6.07) is 8.00. The second-order valence-electron chi connectivity index (χ2n) is 17.2. The number of benzene rings is 1. The Balaban J connectivity index is 0. The highest BCUT2D eigenvalue weighted by molar-refractivity contribution is 5.78. The molecular formula is C45H87Cl2N9O2. The minimum absolute atomic E-state index is 0. The van der Waals surface area contributed by atoms with Gasteiger partial charge in [0.2, 0.25) is 5.84 Å². The van der Waals surface area contributed by atoms with Crippen molar-refractivity contribution in [3.8, 4) is 0 Å². The third-order valence-corrected chi connectivity index (χ3v) is 10.7. The average Bonchev–Trinajstić information content (AvgIpc) is 3.14. The molecule has 4 amide bonds. The van der Waals surface area contributed by atoms with E-state index in [0.29, 0.717) is 6.54 Å². The number of hydrogen-bond donors (Lipinski definition) is 7. The SMILES string of the molecule is CC[NH+]=C(N)CCCCCCCN(CCCCCCCC(=[NH2+])CCCCCCCCN)C(=O)NC(C)(C)c1cccc(C(C)(C)NC(=O)NCCCN(C)C)c1.[Cl-].[Cl-]. The van der Waals surface area contributed by atoms with Crippen LogP contribution in [-0.4, -0.2) is 86.8 Å². The fourth-order valence-electron chi connectivity index (χ4n) is 7.01. The van der Waals surface area contributed by atoms with E-state index in [1.165, 1.54) is 38.5 Å². The zero-order valence-electron chi connectivity index (χ0n) is 37.9. The van der Waals surface area contributed by atoms with Crippen LogP contribution in [0.5, 0.6) is 0 Å². The zero-order chi connectivity index (χ0) is 41.7. The largest absolute Gasteiger partial charge is 1.00 e. The van der Waals surface area contributed by atoms with Crippen LogP contribution in [0.3, 0.4) is 0 Å². The molecule has 0 fully saturated rings. The van der Waals surface area contributed by atoms with Gasteiger partial charge in [0.1, 0.15) is 5.71 Å². The van der Waals surface area contributed by atoms with Crippen molar-refractivity contribution in [2.24, 2.45) is 11.5 Å². The highest BCUT2D eigenvalue weighted by Gasteiger charge is 2.29. The minimum Gasteiger partial charge on any atom is -1.00 e. The van der Waals surface area contributed by atoms with E-state index >= 15 is 0 Å². The summed E-state index contributed by atoms with van der Waals surface area (Å²) in [6.07, 6.45) is 22.3. The van der Waals surface area contributed by atoms with Gasteiger partial charge in [0.15, 0.2) is 0 Å². The molecule has 0 spiro atoms. The Morgan fingerprint density at radius 1 is 0.690 bits per heavy atom. The summed E-state index contributed by atoms with van der Waals surface area (Å²) in [6.45, 7) is 14.9. The van der Waals surface area contributed by atoms with Gasteiger partial charge in [0, 0.05) is 38.9 Å². The van der Waals surface area contributed by atoms with Crippen LogP contribution in [0.15, 0.2) is 24.3 Å². The fourth-order valence-corrected chi connectivity index (χ4v) is 7.01. The van der Waals surface area contributed by atoms with Crippen molar-refractivity contribution in [1.29, 1.82) is 0 Å². The molecule has 0 heterocycles. The summed E-state index contributed by atoms with van der Waals surface area (Å²) < 4.78 is 0. The molecule has 1 aromatic rings. The van der Waals surface area contributed by atoms with E-state index in [4.69, 9.17) is 16.9 Å². The number of halogens is 2. The molecular weight excluding hydrogens is 769 g/mol. The number of carbonyl (C=O) groups excluding carboxylic acids is 2. The van der Waals surface area contributed by atoms with E-state index in [0.717, 1.165) is 145 Å². The normalized spacial score (nSPS) is 11.8. The van der Waals surface area contributed by atoms with Gasteiger partial charge in [-0.05, 0) is 118 Å². The number of hydrogen-bond acceptors (Lipinski definition) is 4. The Bertz CT molecular complexity index is 1260. The smallest absolute Gasteiger partial charge is 0.318 e. The van der Waals surface area contributed by atoms with Gasteiger partial charge >= 0.3 is 12.1 Å². The first kappa shape index (κ1) is 57.5. The van der Waals surface area contributed by atoms with Crippen molar-refractivity contribution in [3.05, 3.63) is 35.4 Å². The molecule has 1 aromatic carbocycles. The Morgan fingerprint density at radius 3 is 1.66 bits per heavy atom. The van der Waals surface area contributed by atoms with Crippen LogP contribution in [0.4, 0.5) is 9.59 Å². The number of rotatable bonds is 33. The van der Waals surface area contributed by atoms with Gasteiger partial charge in [0.05, 0.1) is 17.6 Å². The molecule has 0 aliphatic carbocycles. The van der Waals surface area contributed by atoms with Gasteiger partial charge in [-0.25, -0.2) is 9.59 Å². The molecule has 0 bridgehead atoms. The van der Waals surface area contributed by atoms with Gasteiger partial charge in [-0.2, -0.15) is 0 Å². The quantitative estimate of drug-likeness (QED) is 0.0286. The van der Waals surface area contributed by atoms with Gasteiger partial charge in [-0.15, -0.1) is 0 Å². The fraction of sp³-hybridized carbons (Fsp3) is 0.778. The summed E-state index contributed by atoms with van der Waals surface area (Å²) in [5, 5.41) is 15.8. The summed E-state index contributed by atoms with van der Waals surface area (Å²) >= 11 is 0. The van der Waals surface area contributed by atoms with Crippen LogP contribution in [0.2, 0.25) is 0 Å². The lowest BCUT2D eigenvalue weighted by atomic mass is 9.87. The highest BCUT2D eigenvalue weighted by Crippen LogP contribution is 2.27. The number of amidine groups is 1. The van der Waals surface area contributed by atoms with Gasteiger partial charge in [-0.3, -0.25) is 16.1 Å². The molecule has 1 rings (SSSR count). The molecule has 0 unspecified atom stereocenters. The minimum atomic E-state index is -0.611. The van der Waals surface area contributed by atoms with Crippen LogP contribution in [0.25, 0.3) is 0 Å². The van der Waals surface area contributed by atoms with E-state index in [1.807, 2.05) is 45.0 Å². The molecule has 0 aromatic heterocycles. The molecule has 0 aliphatic rings. The lowest BCUT2D eigenvalue weighted by molar-refractivity contribution is -0.454. The summed E-state index contributed by atoms with van der Waals surface area (Å²) in [7, 11) is 4.06. The molecule has 10 N–H and O–H groups in total. The molecule has 338 valence electrons. The molecule has 0 saturated heterocycles. The predicted molar refractivity (Wildman–Crippen MR) is 237 cm³/mol. The standard InChI is InChI=1S/C45H85N9O2.2ClH/c1-8-49-41(48)31-21-15-12-18-24-36-54(35-23-17-11-14-20-30-40(47)29-19-13-9-10-16-22-32-46)43(56)52-45(4,5)39-28-25-27-38(37-39)44(2,3)51-42(55)50-33-26-34-53(6)7;;/h25,27-28,37,47H,8-24,26,29-36,46H2,1-7H3,(H2,48,49)(H,52,56)(H2,50,51,55);2*1H. The zero-order valence-corrected chi connectivity index (χ0v) is 39.4. The number of nitrogens with one attached hydrogen (secondary N) is 4. The van der Waals surface area contributed by atoms with Crippen LogP contribution in [0.1, 0.15) is 174 Å². The van der Waals surface area contributed by atoms with Crippen molar-refractivity contribution in [2.45, 2.75) is 174 Å². The number of unbranched alkanes of at least 4 members (excludes halogenated alkanes) is 13. The summed E-state index contributed by atoms with van der Waals surface area (Å²) in [5.41, 5.74) is 13.5. The van der Waals surface area contributed by atoms with Crippen LogP contribution in [-0.2, 0) is 11.1 Å². The number of nitrogens with two attached hydrogens (primary N) is 3. The van der Waals surface area contributed by atoms with Crippen molar-refractivity contribution < 1.29 is 44.8 Å². The monoisotopic (exact) mass is 856 g/mol. The van der Waals surface area contributed by atoms with Crippen LogP contribution >= 0.6 is 0 Å². The lowest BCUT2D eigenvalue weighted by Crippen LogP contribution is -3.00. The lowest BCUT2D eigenvalue weighted by Gasteiger charge is -2.33. The maximum Gasteiger partial charge on any atom is 0.318 e. The molecule has 0 saturated carbocycles. The Labute approximate surface area is 367 Å². The first-order valence-corrected chi connectivity index (χ1v) is 22.3. The van der Waals surface area contributed by atoms with Gasteiger partial charge < -0.3 is 56.3 Å². The van der Waals surface area contributed by atoms with E-state index in [1.54, 1.807) is 0 Å². The first-order chi connectivity index (χ1) is 26.7. The molecule has 0 radical (unpaired) electrons. The van der Waals surface area contributed by atoms with E-state index in [9.17, 15) is 9.59 Å². The van der Waals surface area contributed by atoms with E-state index in [2.05, 4.69) is 58.7 Å². The van der Waals surface area contributed by atoms with E-state index in [-0.39, 0.29) is 36.9 Å². The Kier molecular flexibility index (Phi) is 33.9. The number of nitrogens with zero attached hydrogens (tertiary/aromatic N) is 2. The molecule has 11 nitrogen and oxygen atoms in total. The second kappa shape index (κ2) is 34.1. The summed E-state index contributed by atoms with van der Waals surface area (Å²) in [4.78, 5) is 34.0. The number of carbonyl (C=O) groups is 2. The van der Waals surface area contributed by atoms with Gasteiger partial charge in [0.25, 0.3) is 0 Å². The van der Waals surface area contributed by atoms with E-state index < -0.39 is 11.1 Å². The van der Waals surface area contributed by atoms with Crippen molar-refractivity contribution in [3.63, 3.8) is 0 Å². The van der Waals surface area contributed by atoms with Crippen molar-refractivity contribution in [1.82, 2.24) is 25.8 Å². The third kappa shape index (κ3) is 28.0. The molecule has 13 heteroatoms. The van der Waals surface area contributed by atoms with Gasteiger partial charge in [-0.1, -0.05) is 88.5 Å². The number of amides is 4.